The maximum Gasteiger partial charge on any atom is 0.239 e. The number of carbonyl (C=O) groups is 1. The minimum absolute atomic E-state index is 0.122. The van der Waals surface area contributed by atoms with E-state index in [1.807, 2.05) is 4.90 Å². The normalized spacial score (nSPS) is 26.1. The standard InChI is InChI=1S/C14H28N2O2/c1-4-12-8-7-11(2)16(10-12)14(17)13(15)6-5-9-18-3/h11-13H,4-10,15H2,1-3H3. The van der Waals surface area contributed by atoms with E-state index >= 15 is 0 Å². The molecule has 0 aromatic carbocycles. The first-order valence-corrected chi connectivity index (χ1v) is 7.15. The van der Waals surface area contributed by atoms with E-state index in [9.17, 15) is 4.79 Å². The third-order valence-electron chi connectivity index (χ3n) is 4.02. The van der Waals surface area contributed by atoms with Gasteiger partial charge in [-0.1, -0.05) is 13.3 Å². The van der Waals surface area contributed by atoms with Crippen LogP contribution in [0, 0.1) is 5.92 Å². The number of methoxy groups -OCH3 is 1. The van der Waals surface area contributed by atoms with Gasteiger partial charge in [0.15, 0.2) is 0 Å². The molecular formula is C14H28N2O2. The summed E-state index contributed by atoms with van der Waals surface area (Å²) < 4.78 is 4.99. The largest absolute Gasteiger partial charge is 0.385 e. The number of hydrogen-bond acceptors (Lipinski definition) is 3. The number of hydrogen-bond donors (Lipinski definition) is 1. The Bertz CT molecular complexity index is 258. The summed E-state index contributed by atoms with van der Waals surface area (Å²) in [6.45, 7) is 5.88. The molecule has 0 spiro atoms. The number of likely N-dealkylation sites (tertiary alicyclic amines) is 1. The van der Waals surface area contributed by atoms with Crippen molar-refractivity contribution in [2.45, 2.75) is 58.0 Å². The molecule has 0 radical (unpaired) electrons. The Kier molecular flexibility index (Phi) is 6.65. The van der Waals surface area contributed by atoms with Gasteiger partial charge in [0.1, 0.15) is 0 Å². The highest BCUT2D eigenvalue weighted by Gasteiger charge is 2.30. The summed E-state index contributed by atoms with van der Waals surface area (Å²) in [6.07, 6.45) is 5.06. The van der Waals surface area contributed by atoms with E-state index in [2.05, 4.69) is 13.8 Å². The van der Waals surface area contributed by atoms with Crippen LogP contribution in [0.1, 0.15) is 46.0 Å². The lowest BCUT2D eigenvalue weighted by Gasteiger charge is -2.39. The Labute approximate surface area is 111 Å². The molecule has 106 valence electrons. The Hall–Kier alpha value is -0.610. The molecule has 2 N–H and O–H groups in total. The first-order chi connectivity index (χ1) is 8.60. The molecule has 1 heterocycles. The van der Waals surface area contributed by atoms with Gasteiger partial charge >= 0.3 is 0 Å². The summed E-state index contributed by atoms with van der Waals surface area (Å²) in [5.74, 6) is 0.771. The van der Waals surface area contributed by atoms with Crippen LogP contribution in [0.2, 0.25) is 0 Å². The van der Waals surface area contributed by atoms with Crippen LogP contribution in [-0.2, 0) is 9.53 Å². The number of carbonyl (C=O) groups excluding carboxylic acids is 1. The molecule has 1 aliphatic rings. The van der Waals surface area contributed by atoms with E-state index in [0.29, 0.717) is 25.0 Å². The molecule has 0 aliphatic carbocycles. The smallest absolute Gasteiger partial charge is 0.239 e. The lowest BCUT2D eigenvalue weighted by atomic mass is 9.91. The van der Waals surface area contributed by atoms with Crippen molar-refractivity contribution < 1.29 is 9.53 Å². The van der Waals surface area contributed by atoms with Crippen molar-refractivity contribution in [3.05, 3.63) is 0 Å². The number of rotatable bonds is 6. The van der Waals surface area contributed by atoms with Crippen LogP contribution in [0.15, 0.2) is 0 Å². The number of nitrogens with zero attached hydrogens (tertiary/aromatic N) is 1. The molecule has 1 rings (SSSR count). The molecule has 0 saturated carbocycles. The van der Waals surface area contributed by atoms with Gasteiger partial charge in [-0.25, -0.2) is 0 Å². The zero-order chi connectivity index (χ0) is 13.5. The number of amides is 1. The lowest BCUT2D eigenvalue weighted by molar-refractivity contribution is -0.137. The Morgan fingerprint density at radius 3 is 2.83 bits per heavy atom. The van der Waals surface area contributed by atoms with Gasteiger partial charge in [-0.3, -0.25) is 4.79 Å². The van der Waals surface area contributed by atoms with E-state index in [1.54, 1.807) is 7.11 Å². The van der Waals surface area contributed by atoms with Crippen LogP contribution in [0.5, 0.6) is 0 Å². The van der Waals surface area contributed by atoms with Crippen molar-refractivity contribution >= 4 is 5.91 Å². The van der Waals surface area contributed by atoms with Crippen molar-refractivity contribution in [2.75, 3.05) is 20.3 Å². The van der Waals surface area contributed by atoms with Crippen LogP contribution in [-0.4, -0.2) is 43.2 Å². The summed E-state index contributed by atoms with van der Waals surface area (Å²) in [4.78, 5) is 14.3. The Morgan fingerprint density at radius 2 is 2.22 bits per heavy atom. The average molecular weight is 256 g/mol. The second kappa shape index (κ2) is 7.74. The SMILES string of the molecule is CCC1CCC(C)N(C(=O)C(N)CCCOC)C1. The van der Waals surface area contributed by atoms with Crippen molar-refractivity contribution in [2.24, 2.45) is 11.7 Å². The van der Waals surface area contributed by atoms with E-state index in [4.69, 9.17) is 10.5 Å². The summed E-state index contributed by atoms with van der Waals surface area (Å²) in [7, 11) is 1.67. The topological polar surface area (TPSA) is 55.6 Å². The molecule has 1 amide bonds. The van der Waals surface area contributed by atoms with Crippen LogP contribution in [0.25, 0.3) is 0 Å². The van der Waals surface area contributed by atoms with Gasteiger partial charge in [-0.05, 0) is 38.5 Å². The van der Waals surface area contributed by atoms with Gasteiger partial charge in [-0.15, -0.1) is 0 Å². The zero-order valence-corrected chi connectivity index (χ0v) is 12.0. The van der Waals surface area contributed by atoms with Gasteiger partial charge in [0.25, 0.3) is 0 Å². The highest BCUT2D eigenvalue weighted by molar-refractivity contribution is 5.82. The Balaban J connectivity index is 2.47. The summed E-state index contributed by atoms with van der Waals surface area (Å²) in [6, 6.07) is -0.0213. The molecular weight excluding hydrogens is 228 g/mol. The fourth-order valence-corrected chi connectivity index (χ4v) is 2.61. The zero-order valence-electron chi connectivity index (χ0n) is 12.0. The highest BCUT2D eigenvalue weighted by atomic mass is 16.5. The van der Waals surface area contributed by atoms with Gasteiger partial charge in [0.2, 0.25) is 5.91 Å². The molecule has 18 heavy (non-hydrogen) atoms. The molecule has 4 heteroatoms. The molecule has 1 saturated heterocycles. The summed E-state index contributed by atoms with van der Waals surface area (Å²) in [5.41, 5.74) is 5.99. The fraction of sp³-hybridized carbons (Fsp3) is 0.929. The van der Waals surface area contributed by atoms with Gasteiger partial charge in [0.05, 0.1) is 6.04 Å². The second-order valence-corrected chi connectivity index (χ2v) is 5.43. The molecule has 0 bridgehead atoms. The molecule has 1 fully saturated rings. The predicted octanol–water partition coefficient (Wildman–Crippen LogP) is 1.78. The molecule has 3 atom stereocenters. The quantitative estimate of drug-likeness (QED) is 0.737. The van der Waals surface area contributed by atoms with Crippen LogP contribution >= 0.6 is 0 Å². The number of ether oxygens (including phenoxy) is 1. The number of nitrogens with two attached hydrogens (primary N) is 1. The van der Waals surface area contributed by atoms with Crippen LogP contribution in [0.3, 0.4) is 0 Å². The number of piperidine rings is 1. The maximum atomic E-state index is 12.3. The van der Waals surface area contributed by atoms with Crippen molar-refractivity contribution in [1.82, 2.24) is 4.90 Å². The molecule has 0 aromatic heterocycles. The van der Waals surface area contributed by atoms with E-state index in [1.165, 1.54) is 6.42 Å². The van der Waals surface area contributed by atoms with E-state index in [0.717, 1.165) is 25.8 Å². The molecule has 4 nitrogen and oxygen atoms in total. The first-order valence-electron chi connectivity index (χ1n) is 7.15. The first kappa shape index (κ1) is 15.4. The van der Waals surface area contributed by atoms with Gasteiger partial charge < -0.3 is 15.4 Å². The van der Waals surface area contributed by atoms with Gasteiger partial charge in [0, 0.05) is 26.3 Å². The van der Waals surface area contributed by atoms with E-state index in [-0.39, 0.29) is 11.9 Å². The van der Waals surface area contributed by atoms with Crippen molar-refractivity contribution in [1.29, 1.82) is 0 Å². The van der Waals surface area contributed by atoms with Gasteiger partial charge in [-0.2, -0.15) is 0 Å². The van der Waals surface area contributed by atoms with Crippen LogP contribution < -0.4 is 5.73 Å². The molecule has 3 unspecified atom stereocenters. The predicted molar refractivity (Wildman–Crippen MR) is 73.3 cm³/mol. The third-order valence-corrected chi connectivity index (χ3v) is 4.02. The minimum atomic E-state index is -0.363. The average Bonchev–Trinajstić information content (AvgIpc) is 2.38. The van der Waals surface area contributed by atoms with E-state index < -0.39 is 0 Å². The third kappa shape index (κ3) is 4.25. The van der Waals surface area contributed by atoms with Crippen LogP contribution in [0.4, 0.5) is 0 Å². The Morgan fingerprint density at radius 1 is 1.50 bits per heavy atom. The maximum absolute atomic E-state index is 12.3. The summed E-state index contributed by atoms with van der Waals surface area (Å²) in [5, 5.41) is 0. The molecule has 0 aromatic rings. The summed E-state index contributed by atoms with van der Waals surface area (Å²) >= 11 is 0. The van der Waals surface area contributed by atoms with Crippen molar-refractivity contribution in [3.63, 3.8) is 0 Å². The second-order valence-electron chi connectivity index (χ2n) is 5.43. The monoisotopic (exact) mass is 256 g/mol. The highest BCUT2D eigenvalue weighted by Crippen LogP contribution is 2.24. The lowest BCUT2D eigenvalue weighted by Crippen LogP contribution is -2.51. The fourth-order valence-electron chi connectivity index (χ4n) is 2.61. The minimum Gasteiger partial charge on any atom is -0.385 e. The molecule has 1 aliphatic heterocycles. The van der Waals surface area contributed by atoms with Crippen molar-refractivity contribution in [3.8, 4) is 0 Å².